The van der Waals surface area contributed by atoms with Crippen LogP contribution in [0.3, 0.4) is 0 Å². The maximum Gasteiger partial charge on any atom is 0.217 e. The van der Waals surface area contributed by atoms with E-state index in [1.165, 1.54) is 0 Å². The van der Waals surface area contributed by atoms with Gasteiger partial charge in [-0.2, -0.15) is 0 Å². The van der Waals surface area contributed by atoms with Gasteiger partial charge in [0.25, 0.3) is 0 Å². The van der Waals surface area contributed by atoms with Gasteiger partial charge in [-0.3, -0.25) is 24.0 Å². The summed E-state index contributed by atoms with van der Waals surface area (Å²) in [5, 5.41) is 315. The van der Waals surface area contributed by atoms with Crippen LogP contribution in [0, 0.1) is 0 Å². The molecule has 32 N–H and O–H groups in total. The molecular weight excluding hydrogens is 1730 g/mol. The van der Waals surface area contributed by atoms with E-state index in [4.69, 9.17) is 90.0 Å². The maximum atomic E-state index is 13.1. The van der Waals surface area contributed by atoms with Crippen LogP contribution in [0.25, 0.3) is 0 Å². The summed E-state index contributed by atoms with van der Waals surface area (Å²) in [6.07, 6.45) is -96.0. The number of carbonyl (C=O) groups excluding carboxylic acids is 5. The lowest BCUT2D eigenvalue weighted by Gasteiger charge is -2.52. The Morgan fingerprint density at radius 2 is 0.444 bits per heavy atom. The summed E-state index contributed by atoms with van der Waals surface area (Å²) >= 11 is 0. The van der Waals surface area contributed by atoms with E-state index >= 15 is 0 Å². The molecule has 0 saturated carbocycles. The number of hydrogen-bond acceptors (Lipinski definition) is 51. The van der Waals surface area contributed by atoms with E-state index in [9.17, 15) is 162 Å². The minimum Gasteiger partial charge on any atom is -0.394 e. The molecule has 0 unspecified atom stereocenters. The summed E-state index contributed by atoms with van der Waals surface area (Å²) in [5.74, 6) is -4.69. The number of carbonyl (C=O) groups is 5. The average molecular weight is 1840 g/mol. The predicted octanol–water partition coefficient (Wildman–Crippen LogP) is -22.1. The Morgan fingerprint density at radius 1 is 0.206 bits per heavy atom. The number of aliphatic hydroxyl groups excluding tert-OH is 27. The number of amides is 5. The quantitative estimate of drug-likeness (QED) is 0.0290. The van der Waals surface area contributed by atoms with Crippen molar-refractivity contribution in [1.29, 1.82) is 0 Å². The first kappa shape index (κ1) is 104. The molecule has 10 fully saturated rings. The molecule has 728 valence electrons. The Labute approximate surface area is 713 Å². The number of ether oxygens (including phenoxy) is 19. The molecule has 10 heterocycles. The topological polar surface area (TPSA) is 867 Å². The molecule has 10 rings (SSSR count). The van der Waals surface area contributed by atoms with Crippen molar-refractivity contribution in [2.45, 2.75) is 341 Å². The monoisotopic (exact) mass is 1840 g/mol. The lowest BCUT2D eigenvalue weighted by Crippen LogP contribution is -2.71. The molecular formula is C70H117N5O51. The van der Waals surface area contributed by atoms with E-state index in [0.29, 0.717) is 0 Å². The molecule has 0 aromatic heterocycles. The van der Waals surface area contributed by atoms with Crippen LogP contribution in [0.5, 0.6) is 0 Å². The first-order valence-electron chi connectivity index (χ1n) is 40.1. The van der Waals surface area contributed by atoms with Gasteiger partial charge in [0.1, 0.15) is 244 Å². The Hall–Kier alpha value is -4.49. The molecule has 126 heavy (non-hydrogen) atoms. The van der Waals surface area contributed by atoms with Crippen molar-refractivity contribution < 1.29 is 252 Å². The van der Waals surface area contributed by atoms with Crippen LogP contribution in [0.15, 0.2) is 0 Å². The van der Waals surface area contributed by atoms with E-state index in [1.807, 2.05) is 0 Å². The average Bonchev–Trinajstić information content (AvgIpc) is 0.791. The zero-order valence-electron chi connectivity index (χ0n) is 67.8. The first-order chi connectivity index (χ1) is 59.6. The van der Waals surface area contributed by atoms with Crippen LogP contribution in [-0.4, -0.2) is 540 Å². The second kappa shape index (κ2) is 45.5. The van der Waals surface area contributed by atoms with E-state index in [1.54, 1.807) is 0 Å². The molecule has 0 radical (unpaired) electrons. The molecule has 0 bridgehead atoms. The predicted molar refractivity (Wildman–Crippen MR) is 388 cm³/mol. The maximum absolute atomic E-state index is 13.1. The van der Waals surface area contributed by atoms with Gasteiger partial charge in [-0.25, -0.2) is 0 Å². The van der Waals surface area contributed by atoms with Gasteiger partial charge in [0.2, 0.25) is 29.5 Å². The molecule has 10 aliphatic heterocycles. The Balaban J connectivity index is 1.02. The molecule has 0 spiro atoms. The van der Waals surface area contributed by atoms with Gasteiger partial charge in [-0.05, 0) is 0 Å². The molecule has 0 aliphatic carbocycles. The Morgan fingerprint density at radius 3 is 0.802 bits per heavy atom. The van der Waals surface area contributed by atoms with E-state index < -0.39 is 402 Å². The largest absolute Gasteiger partial charge is 0.394 e. The highest BCUT2D eigenvalue weighted by atomic mass is 16.8. The first-order valence-corrected chi connectivity index (χ1v) is 40.1. The van der Waals surface area contributed by atoms with Crippen molar-refractivity contribution >= 4 is 29.5 Å². The van der Waals surface area contributed by atoms with Crippen molar-refractivity contribution in [1.82, 2.24) is 26.6 Å². The third-order valence-corrected chi connectivity index (χ3v) is 22.9. The molecule has 5 amide bonds. The fourth-order valence-electron chi connectivity index (χ4n) is 16.3. The van der Waals surface area contributed by atoms with Crippen LogP contribution in [-0.2, 0) is 114 Å². The van der Waals surface area contributed by atoms with Crippen LogP contribution >= 0.6 is 0 Å². The van der Waals surface area contributed by atoms with Crippen LogP contribution < -0.4 is 26.6 Å². The summed E-state index contributed by atoms with van der Waals surface area (Å²) in [6, 6.07) is -9.55. The highest BCUT2D eigenvalue weighted by Crippen LogP contribution is 2.41. The zero-order chi connectivity index (χ0) is 92.8. The van der Waals surface area contributed by atoms with E-state index in [-0.39, 0.29) is 0 Å². The SMILES string of the molecule is CC(=O)N[C@@H]1[C@@H](O)[C@H](O[C@@H]2O[C@H](CO)[C@@H](O[C@@H]3O[C@H](CO[C@H]4O[C@H](CO)[C@@H](O)[C@H](O)[C@@H]4O[C@@H]4O[C@H](CO)[C@@H](O[C@@H]5O[C@H](CO)[C@H](O)[C@H](O)[C@H]5O)[C@H](O)[C@H]4NC(C)=O)[C@@H](O)[C@H](O[C@H]4O[C@H](CO)[C@@H](O[C@@H]5O[C@H](CO)[C@@H](O[C@@H]6O[C@H](CO)[C@H](O)[C@H](O)[C@H]6O)[C@H](O)[C@H]5NC(C)=O)[C@H](O)[C@@H]4O[C@@H]4O[C@H](CO)[C@@H](O)[C@H](O)[C@H]4NC(C)=O)[C@@H]3O)[C@H](O)[C@H]2NC(C)=O)[C@@H](CO)O[C@H]1O. The minimum absolute atomic E-state index is 0.811. The van der Waals surface area contributed by atoms with Crippen LogP contribution in [0.1, 0.15) is 34.6 Å². The standard InChI is InChI=1S/C70H117N5O51/c1-16(85)71-31-42(96)53(25(10-80)109-61(31)107)119-63-33(73-18(3)87)44(98)56(28(13-83)114-63)123-68-52(106)58(40(94)30(118-68)15-108-69-59(48(102)39(93)24(9-79)113-69)125-65-35(75-20(5)89)45(99)55(27(12-82)116-65)122-67-50(104)47(101)38(92)23(8-78)112-67)124-70-60(126-62-32(72-17(2)86)41(95)36(90)21(6-76)110-62)51(105)57(29(14-84)117-70)120-64-34(74-19(4)88)43(97)54(26(11-81)115-64)121-66-49(103)46(100)37(91)22(7-77)111-66/h21-70,76-84,90-107H,6-15H2,1-5H3,(H,71,85)(H,72,86)(H,73,87)(H,74,88)(H,75,89)/t21-,22-,23-,24-,25-,26-,27-,28-,29-,30-,31-,32-,33-,34-,35-,36-,37+,38+,39-,40-,41-,42-,43-,44-,45-,46+,47+,48+,49-,50-,51+,52+,53-,54-,55-,56-,57-,58+,59+,60+,61-,62+,63+,64+,65+,66+,67+,68+,69+,70-/m1/s1. The Kier molecular flexibility index (Phi) is 37.4. The van der Waals surface area contributed by atoms with Crippen molar-refractivity contribution in [3.8, 4) is 0 Å². The lowest BCUT2D eigenvalue weighted by atomic mass is 9.93. The molecule has 0 aromatic carbocycles. The molecule has 0 aromatic rings. The van der Waals surface area contributed by atoms with Gasteiger partial charge in [0.15, 0.2) is 62.9 Å². The summed E-state index contributed by atoms with van der Waals surface area (Å²) in [5.41, 5.74) is 0. The van der Waals surface area contributed by atoms with Gasteiger partial charge in [-0.15, -0.1) is 0 Å². The summed E-state index contributed by atoms with van der Waals surface area (Å²) < 4.78 is 114. The van der Waals surface area contributed by atoms with Crippen LogP contribution in [0.4, 0.5) is 0 Å². The van der Waals surface area contributed by atoms with Crippen LogP contribution in [0.2, 0.25) is 0 Å². The highest BCUT2D eigenvalue weighted by molar-refractivity contribution is 5.75. The van der Waals surface area contributed by atoms with E-state index in [0.717, 1.165) is 34.6 Å². The van der Waals surface area contributed by atoms with E-state index in [2.05, 4.69) is 26.6 Å². The molecule has 50 atom stereocenters. The van der Waals surface area contributed by atoms with Gasteiger partial charge < -0.3 is 254 Å². The van der Waals surface area contributed by atoms with Crippen molar-refractivity contribution in [3.05, 3.63) is 0 Å². The lowest BCUT2D eigenvalue weighted by molar-refractivity contribution is -0.404. The summed E-state index contributed by atoms with van der Waals surface area (Å²) in [7, 11) is 0. The summed E-state index contributed by atoms with van der Waals surface area (Å²) in [4.78, 5) is 64.3. The molecule has 56 heteroatoms. The number of hydrogen-bond donors (Lipinski definition) is 32. The normalized spacial score (nSPS) is 48.4. The van der Waals surface area contributed by atoms with Gasteiger partial charge in [0.05, 0.1) is 66.1 Å². The molecule has 56 nitrogen and oxygen atoms in total. The fourth-order valence-corrected chi connectivity index (χ4v) is 16.3. The smallest absolute Gasteiger partial charge is 0.217 e. The highest BCUT2D eigenvalue weighted by Gasteiger charge is 2.62. The van der Waals surface area contributed by atoms with Crippen molar-refractivity contribution in [2.24, 2.45) is 0 Å². The third-order valence-electron chi connectivity index (χ3n) is 22.9. The number of rotatable bonds is 33. The van der Waals surface area contributed by atoms with Crippen molar-refractivity contribution in [3.63, 3.8) is 0 Å². The number of nitrogens with one attached hydrogen (secondary N) is 5. The molecule has 10 aliphatic rings. The number of aliphatic hydroxyl groups is 27. The second-order valence-corrected chi connectivity index (χ2v) is 31.7. The Bertz CT molecular complexity index is 3440. The van der Waals surface area contributed by atoms with Gasteiger partial charge >= 0.3 is 0 Å². The van der Waals surface area contributed by atoms with Gasteiger partial charge in [0, 0.05) is 34.6 Å². The molecule has 10 saturated heterocycles. The fraction of sp³-hybridized carbons (Fsp3) is 0.929. The zero-order valence-corrected chi connectivity index (χ0v) is 67.8. The van der Waals surface area contributed by atoms with Gasteiger partial charge in [-0.1, -0.05) is 0 Å². The third kappa shape index (κ3) is 22.9. The summed E-state index contributed by atoms with van der Waals surface area (Å²) in [6.45, 7) is -6.75. The van der Waals surface area contributed by atoms with Crippen molar-refractivity contribution in [2.75, 3.05) is 66.1 Å². The second-order valence-electron chi connectivity index (χ2n) is 31.7. The minimum atomic E-state index is -2.68.